The van der Waals surface area contributed by atoms with Crippen LogP contribution >= 0.6 is 0 Å². The molecule has 136 valence electrons. The van der Waals surface area contributed by atoms with Crippen molar-refractivity contribution in [3.63, 3.8) is 0 Å². The lowest BCUT2D eigenvalue weighted by Crippen LogP contribution is -2.31. The van der Waals surface area contributed by atoms with Crippen LogP contribution in [0.25, 0.3) is 11.0 Å². The SMILES string of the molecule is Cc1ccc(C(C)C)c(OCC(=O)N[C@@H](C)c2nc3ccccc3[nH]2)c1. The number of fused-ring (bicyclic) bond motifs is 1. The largest absolute Gasteiger partial charge is 0.483 e. The lowest BCUT2D eigenvalue weighted by molar-refractivity contribution is -0.123. The van der Waals surface area contributed by atoms with Gasteiger partial charge in [0.15, 0.2) is 6.61 Å². The highest BCUT2D eigenvalue weighted by Gasteiger charge is 2.15. The van der Waals surface area contributed by atoms with E-state index in [0.29, 0.717) is 5.92 Å². The van der Waals surface area contributed by atoms with E-state index in [2.05, 4.69) is 41.3 Å². The zero-order valence-corrected chi connectivity index (χ0v) is 15.7. The summed E-state index contributed by atoms with van der Waals surface area (Å²) in [5.41, 5.74) is 4.07. The number of benzene rings is 2. The zero-order valence-electron chi connectivity index (χ0n) is 15.7. The molecule has 1 amide bonds. The van der Waals surface area contributed by atoms with Crippen molar-refractivity contribution in [3.8, 4) is 5.75 Å². The summed E-state index contributed by atoms with van der Waals surface area (Å²) in [6.07, 6.45) is 0. The van der Waals surface area contributed by atoms with Crippen LogP contribution in [-0.2, 0) is 4.79 Å². The van der Waals surface area contributed by atoms with Gasteiger partial charge >= 0.3 is 0 Å². The Labute approximate surface area is 153 Å². The summed E-state index contributed by atoms with van der Waals surface area (Å²) in [4.78, 5) is 20.1. The molecule has 0 saturated heterocycles. The van der Waals surface area contributed by atoms with Crippen molar-refractivity contribution in [2.75, 3.05) is 6.61 Å². The minimum atomic E-state index is -0.222. The van der Waals surface area contributed by atoms with E-state index in [0.717, 1.165) is 33.7 Å². The van der Waals surface area contributed by atoms with Crippen LogP contribution < -0.4 is 10.1 Å². The summed E-state index contributed by atoms with van der Waals surface area (Å²) >= 11 is 0. The summed E-state index contributed by atoms with van der Waals surface area (Å²) in [6.45, 7) is 8.12. The third kappa shape index (κ3) is 4.04. The molecular formula is C21H25N3O2. The first-order valence-electron chi connectivity index (χ1n) is 8.91. The monoisotopic (exact) mass is 351 g/mol. The maximum absolute atomic E-state index is 12.3. The maximum Gasteiger partial charge on any atom is 0.258 e. The summed E-state index contributed by atoms with van der Waals surface area (Å²) < 4.78 is 5.79. The Morgan fingerprint density at radius 2 is 1.96 bits per heavy atom. The van der Waals surface area contributed by atoms with Gasteiger partial charge in [0.2, 0.25) is 0 Å². The summed E-state index contributed by atoms with van der Waals surface area (Å²) in [5.74, 6) is 1.67. The van der Waals surface area contributed by atoms with Crippen LogP contribution in [0.4, 0.5) is 0 Å². The topological polar surface area (TPSA) is 67.0 Å². The number of nitrogens with zero attached hydrogens (tertiary/aromatic N) is 1. The van der Waals surface area contributed by atoms with Crippen LogP contribution in [0.3, 0.4) is 0 Å². The van der Waals surface area contributed by atoms with Gasteiger partial charge in [-0.2, -0.15) is 0 Å². The molecule has 0 radical (unpaired) electrons. The second-order valence-corrected chi connectivity index (χ2v) is 6.91. The Morgan fingerprint density at radius 1 is 1.19 bits per heavy atom. The molecule has 0 aliphatic heterocycles. The average molecular weight is 351 g/mol. The molecule has 0 saturated carbocycles. The number of H-pyrrole nitrogens is 1. The number of imidazole rings is 1. The molecule has 1 aromatic heterocycles. The number of nitrogens with one attached hydrogen (secondary N) is 2. The standard InChI is InChI=1S/C21H25N3O2/c1-13(2)16-10-9-14(3)11-19(16)26-12-20(25)22-15(4)21-23-17-7-5-6-8-18(17)24-21/h5-11,13,15H,12H2,1-4H3,(H,22,25)(H,23,24)/t15-/m0/s1. The van der Waals surface area contributed by atoms with Crippen LogP contribution in [-0.4, -0.2) is 22.5 Å². The Hall–Kier alpha value is -2.82. The van der Waals surface area contributed by atoms with Crippen LogP contribution in [0.1, 0.15) is 49.7 Å². The van der Waals surface area contributed by atoms with E-state index in [-0.39, 0.29) is 18.6 Å². The molecule has 5 heteroatoms. The number of amides is 1. The van der Waals surface area contributed by atoms with Crippen LogP contribution in [0, 0.1) is 6.92 Å². The van der Waals surface area contributed by atoms with E-state index >= 15 is 0 Å². The fourth-order valence-corrected chi connectivity index (χ4v) is 2.92. The van der Waals surface area contributed by atoms with Gasteiger partial charge in [-0.25, -0.2) is 4.98 Å². The second kappa shape index (κ2) is 7.60. The predicted octanol–water partition coefficient (Wildman–Crippen LogP) is 4.25. The molecule has 0 aliphatic carbocycles. The van der Waals surface area contributed by atoms with Gasteiger partial charge in [0.05, 0.1) is 17.1 Å². The number of aromatic amines is 1. The number of aromatic nitrogens is 2. The highest BCUT2D eigenvalue weighted by molar-refractivity contribution is 5.78. The number of carbonyl (C=O) groups is 1. The van der Waals surface area contributed by atoms with E-state index in [1.54, 1.807) is 0 Å². The number of rotatable bonds is 6. The van der Waals surface area contributed by atoms with Crippen molar-refractivity contribution < 1.29 is 9.53 Å². The highest BCUT2D eigenvalue weighted by atomic mass is 16.5. The maximum atomic E-state index is 12.3. The molecule has 0 unspecified atom stereocenters. The molecule has 5 nitrogen and oxygen atoms in total. The lowest BCUT2D eigenvalue weighted by Gasteiger charge is -2.16. The van der Waals surface area contributed by atoms with E-state index in [9.17, 15) is 4.79 Å². The van der Waals surface area contributed by atoms with Crippen molar-refractivity contribution in [2.24, 2.45) is 0 Å². The number of ether oxygens (including phenoxy) is 1. The molecular weight excluding hydrogens is 326 g/mol. The van der Waals surface area contributed by atoms with E-state index < -0.39 is 0 Å². The highest BCUT2D eigenvalue weighted by Crippen LogP contribution is 2.27. The average Bonchev–Trinajstić information content (AvgIpc) is 3.04. The fraction of sp³-hybridized carbons (Fsp3) is 0.333. The van der Waals surface area contributed by atoms with E-state index in [4.69, 9.17) is 4.74 Å². The van der Waals surface area contributed by atoms with Crippen LogP contribution in [0.5, 0.6) is 5.75 Å². The molecule has 0 aliphatic rings. The lowest BCUT2D eigenvalue weighted by atomic mass is 10.0. The molecule has 0 bridgehead atoms. The third-order valence-electron chi connectivity index (χ3n) is 4.35. The summed E-state index contributed by atoms with van der Waals surface area (Å²) in [5, 5.41) is 2.93. The molecule has 26 heavy (non-hydrogen) atoms. The number of hydrogen-bond acceptors (Lipinski definition) is 3. The molecule has 2 N–H and O–H groups in total. The van der Waals surface area contributed by atoms with Crippen LogP contribution in [0.2, 0.25) is 0 Å². The van der Waals surface area contributed by atoms with Crippen molar-refractivity contribution in [1.29, 1.82) is 0 Å². The Kier molecular flexibility index (Phi) is 5.26. The first-order chi connectivity index (χ1) is 12.4. The Balaban J connectivity index is 1.63. The van der Waals surface area contributed by atoms with E-state index in [1.165, 1.54) is 0 Å². The number of para-hydroxylation sites is 2. The fourth-order valence-electron chi connectivity index (χ4n) is 2.92. The Bertz CT molecular complexity index is 882. The number of carbonyl (C=O) groups excluding carboxylic acids is 1. The summed E-state index contributed by atoms with van der Waals surface area (Å²) in [7, 11) is 0. The molecule has 2 aromatic carbocycles. The second-order valence-electron chi connectivity index (χ2n) is 6.91. The first kappa shape index (κ1) is 18.0. The van der Waals surface area contributed by atoms with Crippen molar-refractivity contribution in [2.45, 2.75) is 39.7 Å². The third-order valence-corrected chi connectivity index (χ3v) is 4.35. The smallest absolute Gasteiger partial charge is 0.258 e. The van der Waals surface area contributed by atoms with Gasteiger partial charge in [0.1, 0.15) is 11.6 Å². The minimum Gasteiger partial charge on any atom is -0.483 e. The van der Waals surface area contributed by atoms with Gasteiger partial charge < -0.3 is 15.0 Å². The van der Waals surface area contributed by atoms with Gasteiger partial charge in [-0.15, -0.1) is 0 Å². The van der Waals surface area contributed by atoms with Gasteiger partial charge in [0, 0.05) is 0 Å². The molecule has 3 rings (SSSR count). The summed E-state index contributed by atoms with van der Waals surface area (Å²) in [6, 6.07) is 13.7. The van der Waals surface area contributed by atoms with Gasteiger partial charge in [0.25, 0.3) is 5.91 Å². The minimum absolute atomic E-state index is 0.0201. The van der Waals surface area contributed by atoms with Crippen LogP contribution in [0.15, 0.2) is 42.5 Å². The molecule has 0 spiro atoms. The first-order valence-corrected chi connectivity index (χ1v) is 8.91. The molecule has 3 aromatic rings. The predicted molar refractivity (Wildman–Crippen MR) is 103 cm³/mol. The molecule has 1 atom stereocenters. The van der Waals surface area contributed by atoms with E-state index in [1.807, 2.05) is 44.2 Å². The van der Waals surface area contributed by atoms with Gasteiger partial charge in [-0.1, -0.05) is 38.1 Å². The van der Waals surface area contributed by atoms with Gasteiger partial charge in [-0.3, -0.25) is 4.79 Å². The number of aryl methyl sites for hydroxylation is 1. The zero-order chi connectivity index (χ0) is 18.7. The van der Waals surface area contributed by atoms with Gasteiger partial charge in [-0.05, 0) is 49.1 Å². The Morgan fingerprint density at radius 3 is 2.69 bits per heavy atom. The normalized spacial score (nSPS) is 12.3. The van der Waals surface area contributed by atoms with Crippen molar-refractivity contribution >= 4 is 16.9 Å². The molecule has 0 fully saturated rings. The van der Waals surface area contributed by atoms with Crippen molar-refractivity contribution in [1.82, 2.24) is 15.3 Å². The molecule has 1 heterocycles. The quantitative estimate of drug-likeness (QED) is 0.697. The van der Waals surface area contributed by atoms with Crippen molar-refractivity contribution in [3.05, 3.63) is 59.4 Å². The number of hydrogen-bond donors (Lipinski definition) is 2.